The minimum atomic E-state index is -2.47. The van der Waals surface area contributed by atoms with Crippen molar-refractivity contribution in [3.8, 4) is 0 Å². The summed E-state index contributed by atoms with van der Waals surface area (Å²) in [5.41, 5.74) is 5.50. The van der Waals surface area contributed by atoms with Crippen molar-refractivity contribution in [3.05, 3.63) is 239 Å². The van der Waals surface area contributed by atoms with Gasteiger partial charge in [0.05, 0.1) is 11.5 Å². The average Bonchev–Trinajstić information content (AvgIpc) is 3.90. The van der Waals surface area contributed by atoms with Crippen LogP contribution in [0, 0.1) is 29.1 Å². The molecule has 7 aromatic carbocycles. The normalized spacial score (nSPS) is 17.6. The largest absolute Gasteiger partial charge is 0.545 e. The van der Waals surface area contributed by atoms with E-state index in [2.05, 4.69) is 182 Å². The molecule has 0 saturated carbocycles. The van der Waals surface area contributed by atoms with Crippen LogP contribution >= 0.6 is 15.8 Å². The third kappa shape index (κ3) is 7.66. The Morgan fingerprint density at radius 1 is 0.426 bits per heavy atom. The van der Waals surface area contributed by atoms with Crippen molar-refractivity contribution in [1.82, 2.24) is 4.67 Å². The van der Waals surface area contributed by atoms with Gasteiger partial charge in [-0.2, -0.15) is 0 Å². The SMILES string of the molecule is O=C([O-])c1c(F)c(F)c(F)c(F)c1F.c1ccc(P2CCC(c3ccccc3)(c3ccccc3)C2=[N+]=C2P(c3ccccc3)CCC2(c2ccccc2)c2ccccc2)cc1. The second-order valence-corrected chi connectivity index (χ2v) is 19.2. The van der Waals surface area contributed by atoms with Gasteiger partial charge in [0.2, 0.25) is 5.82 Å². The van der Waals surface area contributed by atoms with Crippen LogP contribution in [-0.4, -0.2) is 29.2 Å². The first-order valence-electron chi connectivity index (χ1n) is 19.7. The van der Waals surface area contributed by atoms with Crippen LogP contribution in [0.5, 0.6) is 0 Å². The molecule has 0 aliphatic carbocycles. The molecule has 9 rings (SSSR count). The lowest BCUT2D eigenvalue weighted by molar-refractivity contribution is -0.255. The summed E-state index contributed by atoms with van der Waals surface area (Å²) >= 11 is 0. The summed E-state index contributed by atoms with van der Waals surface area (Å²) in [7, 11) is -1.37. The number of carbonyl (C=O) groups is 1. The Hall–Kier alpha value is -6.03. The molecule has 2 aliphatic rings. The van der Waals surface area contributed by atoms with E-state index in [0.29, 0.717) is 0 Å². The van der Waals surface area contributed by atoms with Gasteiger partial charge < -0.3 is 9.90 Å². The van der Waals surface area contributed by atoms with E-state index in [1.807, 2.05) is 0 Å². The van der Waals surface area contributed by atoms with Gasteiger partial charge in [-0.05, 0) is 58.0 Å². The van der Waals surface area contributed by atoms with Gasteiger partial charge >= 0.3 is 10.9 Å². The molecular weight excluding hydrogens is 816 g/mol. The second kappa shape index (κ2) is 17.9. The van der Waals surface area contributed by atoms with E-state index in [9.17, 15) is 31.9 Å². The van der Waals surface area contributed by atoms with E-state index in [0.717, 1.165) is 25.2 Å². The number of benzene rings is 7. The average molecular weight is 854 g/mol. The first kappa shape index (κ1) is 41.7. The molecule has 2 unspecified atom stereocenters. The molecular formula is C51H38F5NO2P2. The van der Waals surface area contributed by atoms with Crippen LogP contribution in [0.2, 0.25) is 0 Å². The fourth-order valence-corrected chi connectivity index (χ4v) is 14.5. The highest BCUT2D eigenvalue weighted by atomic mass is 31.1. The van der Waals surface area contributed by atoms with Gasteiger partial charge in [-0.1, -0.05) is 187 Å². The van der Waals surface area contributed by atoms with Crippen LogP contribution < -0.4 is 20.4 Å². The summed E-state index contributed by atoms with van der Waals surface area (Å²) in [5, 5.41) is 12.8. The number of hydrogen-bond donors (Lipinski definition) is 0. The Kier molecular flexibility index (Phi) is 12.2. The quantitative estimate of drug-likeness (QED) is 0.0528. The Balaban J connectivity index is 0.000000314. The number of halogens is 5. The highest BCUT2D eigenvalue weighted by molar-refractivity contribution is 7.84. The molecule has 0 N–H and O–H groups in total. The highest BCUT2D eigenvalue weighted by Crippen LogP contribution is 2.60. The maximum Gasteiger partial charge on any atom is 0.318 e. The van der Waals surface area contributed by atoms with Gasteiger partial charge in [0.1, 0.15) is 10.8 Å². The minimum absolute atomic E-state index is 0.309. The molecule has 304 valence electrons. The van der Waals surface area contributed by atoms with E-state index in [1.165, 1.54) is 43.8 Å². The number of carboxylic acids is 1. The van der Waals surface area contributed by atoms with Crippen LogP contribution in [-0.2, 0) is 10.8 Å². The molecule has 0 amide bonds. The van der Waals surface area contributed by atoms with Crippen molar-refractivity contribution in [2.75, 3.05) is 12.3 Å². The zero-order chi connectivity index (χ0) is 42.6. The molecule has 2 fully saturated rings. The summed E-state index contributed by atoms with van der Waals surface area (Å²) in [6, 6.07) is 67.4. The lowest BCUT2D eigenvalue weighted by atomic mass is 9.72. The van der Waals surface area contributed by atoms with Crippen LogP contribution in [0.15, 0.2) is 182 Å². The number of rotatable bonds is 7. The second-order valence-electron chi connectivity index (χ2n) is 14.7. The molecule has 0 aromatic heterocycles. The summed E-state index contributed by atoms with van der Waals surface area (Å²) in [6.07, 6.45) is 4.31. The fraction of sp³-hybridized carbons (Fsp3) is 0.118. The van der Waals surface area contributed by atoms with Crippen molar-refractivity contribution in [3.63, 3.8) is 0 Å². The van der Waals surface area contributed by atoms with Gasteiger partial charge in [0.15, 0.2) is 23.3 Å². The van der Waals surface area contributed by atoms with Crippen LogP contribution in [0.1, 0.15) is 45.5 Å². The van der Waals surface area contributed by atoms with Gasteiger partial charge in [-0.25, -0.2) is 22.0 Å². The number of hydrogen-bond acceptors (Lipinski definition) is 2. The van der Waals surface area contributed by atoms with Crippen LogP contribution in [0.25, 0.3) is 0 Å². The van der Waals surface area contributed by atoms with E-state index in [-0.39, 0.29) is 10.8 Å². The molecule has 2 saturated heterocycles. The molecule has 0 spiro atoms. The zero-order valence-corrected chi connectivity index (χ0v) is 34.5. The number of nitrogens with zero attached hydrogens (tertiary/aromatic N) is 1. The summed E-state index contributed by atoms with van der Waals surface area (Å²) < 4.78 is 68.3. The molecule has 2 atom stereocenters. The van der Waals surface area contributed by atoms with Gasteiger partial charge in [-0.3, -0.25) is 0 Å². The molecule has 61 heavy (non-hydrogen) atoms. The van der Waals surface area contributed by atoms with Crippen LogP contribution in [0.3, 0.4) is 0 Å². The lowest BCUT2D eigenvalue weighted by Crippen LogP contribution is -2.39. The summed E-state index contributed by atoms with van der Waals surface area (Å²) in [6.45, 7) is 0. The van der Waals surface area contributed by atoms with Crippen molar-refractivity contribution < 1.29 is 31.9 Å². The first-order chi connectivity index (χ1) is 29.7. The molecule has 7 aromatic rings. The van der Waals surface area contributed by atoms with Crippen LogP contribution in [0.4, 0.5) is 22.0 Å². The predicted molar refractivity (Wildman–Crippen MR) is 235 cm³/mol. The minimum Gasteiger partial charge on any atom is -0.545 e. The van der Waals surface area contributed by atoms with Crippen molar-refractivity contribution in [1.29, 1.82) is 0 Å². The third-order valence-electron chi connectivity index (χ3n) is 11.5. The molecule has 10 heteroatoms. The Morgan fingerprint density at radius 3 is 0.967 bits per heavy atom. The fourth-order valence-electron chi connectivity index (χ4n) is 8.69. The number of aromatic carboxylic acids is 1. The maximum absolute atomic E-state index is 12.5. The van der Waals surface area contributed by atoms with E-state index in [1.54, 1.807) is 0 Å². The van der Waals surface area contributed by atoms with E-state index >= 15 is 0 Å². The third-order valence-corrected chi connectivity index (χ3v) is 16.7. The van der Waals surface area contributed by atoms with E-state index < -0.39 is 56.5 Å². The molecule has 0 radical (unpaired) electrons. The monoisotopic (exact) mass is 853 g/mol. The zero-order valence-electron chi connectivity index (χ0n) is 32.7. The smallest absolute Gasteiger partial charge is 0.318 e. The van der Waals surface area contributed by atoms with E-state index in [4.69, 9.17) is 4.67 Å². The molecule has 2 aliphatic heterocycles. The Bertz CT molecular complexity index is 2460. The Labute approximate surface area is 353 Å². The summed E-state index contributed by atoms with van der Waals surface area (Å²) in [4.78, 5) is 10.0. The van der Waals surface area contributed by atoms with Crippen molar-refractivity contribution >= 4 is 43.3 Å². The topological polar surface area (TPSA) is 54.2 Å². The van der Waals surface area contributed by atoms with Gasteiger partial charge in [-0.15, -0.1) is 0 Å². The van der Waals surface area contributed by atoms with Crippen molar-refractivity contribution in [2.24, 2.45) is 0 Å². The van der Waals surface area contributed by atoms with Gasteiger partial charge in [0, 0.05) is 15.8 Å². The standard InChI is InChI=1S/C44H38NP2.C7HF5O2/c1-7-19-35(20-8-1)43(36-21-9-2-10-22-36)31-33-46(39-27-15-5-16-28-39)41(43)45-42-44(37-23-11-3-12-24-37,38-25-13-4-14-26-38)32-34-47(42)40-29-17-6-18-30-40;8-2-1(7(13)14)3(9)5(11)6(12)4(2)10/h1-30H,31-34H2;(H,13,14)/q+1;/p-1. The predicted octanol–water partition coefficient (Wildman–Crippen LogP) is 9.99. The van der Waals surface area contributed by atoms with Crippen molar-refractivity contribution in [2.45, 2.75) is 23.7 Å². The summed E-state index contributed by atoms with van der Waals surface area (Å²) in [5.74, 6) is -14.4. The molecule has 3 nitrogen and oxygen atoms in total. The Morgan fingerprint density at radius 2 is 0.689 bits per heavy atom. The molecule has 2 heterocycles. The highest BCUT2D eigenvalue weighted by Gasteiger charge is 2.59. The first-order valence-corrected chi connectivity index (χ1v) is 22.8. The maximum atomic E-state index is 12.5. The van der Waals surface area contributed by atoms with Gasteiger partial charge in [0.25, 0.3) is 0 Å². The number of carboxylic acid groups (broad SMARTS) is 1. The molecule has 0 bridgehead atoms. The lowest BCUT2D eigenvalue weighted by Gasteiger charge is -2.28. The number of carbonyl (C=O) groups excluding carboxylic acids is 1.